The van der Waals surface area contributed by atoms with Gasteiger partial charge in [0, 0.05) is 30.5 Å². The minimum atomic E-state index is -0.551. The average Bonchev–Trinajstić information content (AvgIpc) is 3.15. The van der Waals surface area contributed by atoms with E-state index in [1.807, 2.05) is 30.3 Å². The van der Waals surface area contributed by atoms with Gasteiger partial charge in [0.2, 0.25) is 0 Å². The summed E-state index contributed by atoms with van der Waals surface area (Å²) in [5.74, 6) is 0.861. The Morgan fingerprint density at radius 3 is 2.91 bits per heavy atom. The van der Waals surface area contributed by atoms with Crippen molar-refractivity contribution in [1.82, 2.24) is 10.2 Å². The van der Waals surface area contributed by atoms with E-state index >= 15 is 0 Å². The van der Waals surface area contributed by atoms with Gasteiger partial charge in [-0.05, 0) is 12.0 Å². The lowest BCUT2D eigenvalue weighted by molar-refractivity contribution is -0.117. The van der Waals surface area contributed by atoms with Gasteiger partial charge in [0.1, 0.15) is 12.4 Å². The number of anilines is 1. The molecule has 1 unspecified atom stereocenters. The summed E-state index contributed by atoms with van der Waals surface area (Å²) in [5, 5.41) is 9.49. The zero-order chi connectivity index (χ0) is 15.4. The molecule has 2 N–H and O–H groups in total. The van der Waals surface area contributed by atoms with Gasteiger partial charge in [-0.25, -0.2) is 4.79 Å². The maximum Gasteiger partial charge on any atom is 0.413 e. The van der Waals surface area contributed by atoms with Crippen molar-refractivity contribution >= 4 is 17.7 Å². The fourth-order valence-corrected chi connectivity index (χ4v) is 2.55. The van der Waals surface area contributed by atoms with Crippen LogP contribution in [0.3, 0.4) is 0 Å². The van der Waals surface area contributed by atoms with Crippen LogP contribution in [-0.2, 0) is 16.1 Å². The van der Waals surface area contributed by atoms with Gasteiger partial charge in [-0.2, -0.15) is 5.10 Å². The molecule has 0 aliphatic heterocycles. The van der Waals surface area contributed by atoms with Crippen molar-refractivity contribution in [3.8, 4) is 0 Å². The van der Waals surface area contributed by atoms with E-state index in [1.165, 1.54) is 0 Å². The normalized spacial score (nSPS) is 17.5. The van der Waals surface area contributed by atoms with Crippen molar-refractivity contribution in [2.45, 2.75) is 31.8 Å². The van der Waals surface area contributed by atoms with Gasteiger partial charge < -0.3 is 4.74 Å². The van der Waals surface area contributed by atoms with Crippen molar-refractivity contribution in [1.29, 1.82) is 0 Å². The molecule has 0 saturated heterocycles. The molecule has 1 fully saturated rings. The molecule has 114 valence electrons. The van der Waals surface area contributed by atoms with Crippen molar-refractivity contribution in [2.24, 2.45) is 0 Å². The fourth-order valence-electron chi connectivity index (χ4n) is 2.55. The van der Waals surface area contributed by atoms with Crippen LogP contribution in [-0.4, -0.2) is 22.1 Å². The number of Topliss-reactive ketones (excluding diaryl/α,β-unsaturated/α-hetero) is 1. The molecule has 0 bridgehead atoms. The first kappa shape index (κ1) is 14.3. The van der Waals surface area contributed by atoms with Crippen LogP contribution < -0.4 is 5.32 Å². The van der Waals surface area contributed by atoms with E-state index in [-0.39, 0.29) is 18.3 Å². The Balaban J connectivity index is 1.51. The first-order chi connectivity index (χ1) is 10.7. The Bertz CT molecular complexity index is 666. The minimum absolute atomic E-state index is 0.177. The highest BCUT2D eigenvalue weighted by atomic mass is 16.5. The SMILES string of the molecule is O=C1CCC(c2cc(NC(=O)OCc3ccccc3)n[nH]2)C1. The molecule has 0 radical (unpaired) electrons. The Kier molecular flexibility index (Phi) is 4.18. The molecular formula is C16H17N3O3. The lowest BCUT2D eigenvalue weighted by Crippen LogP contribution is -2.13. The quantitative estimate of drug-likeness (QED) is 0.909. The minimum Gasteiger partial charge on any atom is -0.444 e. The molecule has 1 aromatic carbocycles. The summed E-state index contributed by atoms with van der Waals surface area (Å²) in [6.45, 7) is 0.209. The van der Waals surface area contributed by atoms with Crippen LogP contribution >= 0.6 is 0 Å². The first-order valence-electron chi connectivity index (χ1n) is 7.25. The third-order valence-corrected chi connectivity index (χ3v) is 3.73. The molecule has 22 heavy (non-hydrogen) atoms. The molecule has 1 heterocycles. The molecule has 6 nitrogen and oxygen atoms in total. The van der Waals surface area contributed by atoms with Crippen LogP contribution in [0.25, 0.3) is 0 Å². The number of rotatable bonds is 4. The average molecular weight is 299 g/mol. The smallest absolute Gasteiger partial charge is 0.413 e. The van der Waals surface area contributed by atoms with Gasteiger partial charge in [-0.15, -0.1) is 0 Å². The highest BCUT2D eigenvalue weighted by Crippen LogP contribution is 2.31. The maximum absolute atomic E-state index is 11.7. The van der Waals surface area contributed by atoms with Gasteiger partial charge >= 0.3 is 6.09 Å². The Hall–Kier alpha value is -2.63. The van der Waals surface area contributed by atoms with E-state index < -0.39 is 6.09 Å². The number of hydrogen-bond acceptors (Lipinski definition) is 4. The number of amides is 1. The molecule has 1 amide bonds. The van der Waals surface area contributed by atoms with E-state index in [4.69, 9.17) is 4.74 Å². The molecular weight excluding hydrogens is 282 g/mol. The van der Waals surface area contributed by atoms with Crippen LogP contribution in [0.2, 0.25) is 0 Å². The number of carbonyl (C=O) groups excluding carboxylic acids is 2. The molecule has 2 aromatic rings. The van der Waals surface area contributed by atoms with Crippen LogP contribution in [0.15, 0.2) is 36.4 Å². The second-order valence-electron chi connectivity index (χ2n) is 5.37. The highest BCUT2D eigenvalue weighted by Gasteiger charge is 2.25. The Morgan fingerprint density at radius 1 is 1.36 bits per heavy atom. The van der Waals surface area contributed by atoms with Crippen molar-refractivity contribution in [3.63, 3.8) is 0 Å². The largest absolute Gasteiger partial charge is 0.444 e. The monoisotopic (exact) mass is 299 g/mol. The Morgan fingerprint density at radius 2 is 2.18 bits per heavy atom. The highest BCUT2D eigenvalue weighted by molar-refractivity contribution is 5.84. The third-order valence-electron chi connectivity index (χ3n) is 3.73. The second kappa shape index (κ2) is 6.43. The second-order valence-corrected chi connectivity index (χ2v) is 5.37. The molecule has 6 heteroatoms. The number of benzene rings is 1. The number of carbonyl (C=O) groups is 2. The lowest BCUT2D eigenvalue weighted by atomic mass is 10.0. The maximum atomic E-state index is 11.7. The molecule has 1 saturated carbocycles. The van der Waals surface area contributed by atoms with Gasteiger partial charge in [-0.3, -0.25) is 15.2 Å². The lowest BCUT2D eigenvalue weighted by Gasteiger charge is -2.05. The van der Waals surface area contributed by atoms with Crippen LogP contribution in [0.4, 0.5) is 10.6 Å². The number of H-pyrrole nitrogens is 1. The van der Waals surface area contributed by atoms with Gasteiger partial charge in [0.15, 0.2) is 5.82 Å². The zero-order valence-electron chi connectivity index (χ0n) is 12.0. The molecule has 0 spiro atoms. The number of aromatic amines is 1. The Labute approximate surface area is 127 Å². The van der Waals surface area contributed by atoms with Crippen molar-refractivity contribution in [3.05, 3.63) is 47.7 Å². The number of ketones is 1. The standard InChI is InChI=1S/C16H17N3O3/c20-13-7-6-12(8-13)14-9-15(19-18-14)17-16(21)22-10-11-4-2-1-3-5-11/h1-5,9,12H,6-8,10H2,(H2,17,18,19,21). The van der Waals surface area contributed by atoms with Crippen LogP contribution in [0, 0.1) is 0 Å². The van der Waals surface area contributed by atoms with Crippen molar-refractivity contribution < 1.29 is 14.3 Å². The van der Waals surface area contributed by atoms with Crippen LogP contribution in [0.1, 0.15) is 36.4 Å². The van der Waals surface area contributed by atoms with Gasteiger partial charge in [0.25, 0.3) is 0 Å². The molecule has 1 aliphatic rings. The predicted molar refractivity (Wildman–Crippen MR) is 80.4 cm³/mol. The summed E-state index contributed by atoms with van der Waals surface area (Å²) < 4.78 is 5.13. The summed E-state index contributed by atoms with van der Waals surface area (Å²) in [5.41, 5.74) is 1.80. The van der Waals surface area contributed by atoms with E-state index in [0.717, 1.165) is 17.7 Å². The van der Waals surface area contributed by atoms with Gasteiger partial charge in [-0.1, -0.05) is 30.3 Å². The number of aromatic nitrogens is 2. The topological polar surface area (TPSA) is 84.1 Å². The number of hydrogen-bond donors (Lipinski definition) is 2. The van der Waals surface area contributed by atoms with E-state index in [9.17, 15) is 9.59 Å². The molecule has 3 rings (SSSR count). The van der Waals surface area contributed by atoms with E-state index in [0.29, 0.717) is 18.7 Å². The van der Waals surface area contributed by atoms with E-state index in [2.05, 4.69) is 15.5 Å². The van der Waals surface area contributed by atoms with Crippen LogP contribution in [0.5, 0.6) is 0 Å². The molecule has 1 aromatic heterocycles. The van der Waals surface area contributed by atoms with Gasteiger partial charge in [0.05, 0.1) is 0 Å². The summed E-state index contributed by atoms with van der Waals surface area (Å²) in [6.07, 6.45) is 1.44. The summed E-state index contributed by atoms with van der Waals surface area (Å²) in [7, 11) is 0. The first-order valence-corrected chi connectivity index (χ1v) is 7.25. The van der Waals surface area contributed by atoms with Crippen molar-refractivity contribution in [2.75, 3.05) is 5.32 Å². The number of nitrogens with one attached hydrogen (secondary N) is 2. The number of ether oxygens (including phenoxy) is 1. The predicted octanol–water partition coefficient (Wildman–Crippen LogP) is 3.00. The third kappa shape index (κ3) is 3.52. The number of nitrogens with zero attached hydrogens (tertiary/aromatic N) is 1. The van der Waals surface area contributed by atoms with E-state index in [1.54, 1.807) is 6.07 Å². The zero-order valence-corrected chi connectivity index (χ0v) is 12.0. The summed E-state index contributed by atoms with van der Waals surface area (Å²) >= 11 is 0. The molecule has 1 atom stereocenters. The fraction of sp³-hybridized carbons (Fsp3) is 0.312. The summed E-state index contributed by atoms with van der Waals surface area (Å²) in [6, 6.07) is 11.2. The molecule has 1 aliphatic carbocycles. The summed E-state index contributed by atoms with van der Waals surface area (Å²) in [4.78, 5) is 23.0.